The van der Waals surface area contributed by atoms with Crippen LogP contribution in [0.2, 0.25) is 0 Å². The predicted molar refractivity (Wildman–Crippen MR) is 73.6 cm³/mol. The van der Waals surface area contributed by atoms with Crippen molar-refractivity contribution in [1.29, 1.82) is 0 Å². The molecule has 3 amide bonds. The molecule has 106 valence electrons. The Morgan fingerprint density at radius 2 is 2.20 bits per heavy atom. The second-order valence-electron chi connectivity index (χ2n) is 4.12. The number of nitrogen functional groups attached to an aromatic ring is 1. The lowest BCUT2D eigenvalue weighted by Crippen LogP contribution is -2.43. The van der Waals surface area contributed by atoms with E-state index in [1.807, 2.05) is 0 Å². The van der Waals surface area contributed by atoms with Crippen LogP contribution in [0.25, 0.3) is 0 Å². The Morgan fingerprint density at radius 1 is 1.45 bits per heavy atom. The average molecular weight is 297 g/mol. The Balaban J connectivity index is 2.03. The Hall–Kier alpha value is -2.09. The second kappa shape index (κ2) is 5.91. The van der Waals surface area contributed by atoms with Gasteiger partial charge in [-0.25, -0.2) is 4.39 Å². The number of nitrogens with two attached hydrogens (primary N) is 1. The lowest BCUT2D eigenvalue weighted by atomic mass is 10.2. The van der Waals surface area contributed by atoms with Gasteiger partial charge in [0.1, 0.15) is 12.4 Å². The molecule has 1 heterocycles. The van der Waals surface area contributed by atoms with E-state index in [0.29, 0.717) is 5.75 Å². The Morgan fingerprint density at radius 3 is 2.90 bits per heavy atom. The first-order chi connectivity index (χ1) is 9.47. The molecule has 1 aromatic carbocycles. The third-order valence-electron chi connectivity index (χ3n) is 2.65. The van der Waals surface area contributed by atoms with Crippen LogP contribution in [0.4, 0.5) is 20.6 Å². The van der Waals surface area contributed by atoms with Crippen molar-refractivity contribution in [1.82, 2.24) is 4.90 Å². The number of benzene rings is 1. The van der Waals surface area contributed by atoms with E-state index in [1.54, 1.807) is 0 Å². The van der Waals surface area contributed by atoms with E-state index in [9.17, 15) is 18.8 Å². The summed E-state index contributed by atoms with van der Waals surface area (Å²) in [6, 6.07) is 3.55. The van der Waals surface area contributed by atoms with Crippen LogP contribution >= 0.6 is 11.8 Å². The molecular weight excluding hydrogens is 285 g/mol. The third-order valence-corrected chi connectivity index (χ3v) is 3.53. The maximum Gasteiger partial charge on any atom is 0.288 e. The van der Waals surface area contributed by atoms with Gasteiger partial charge in [0, 0.05) is 12.2 Å². The lowest BCUT2D eigenvalue weighted by Gasteiger charge is -2.23. The summed E-state index contributed by atoms with van der Waals surface area (Å²) < 4.78 is 13.1. The summed E-state index contributed by atoms with van der Waals surface area (Å²) in [7, 11) is 0. The number of nitrogens with zero attached hydrogens (tertiary/aromatic N) is 1. The number of halogens is 1. The van der Waals surface area contributed by atoms with Gasteiger partial charge in [0.25, 0.3) is 5.24 Å². The van der Waals surface area contributed by atoms with Crippen LogP contribution in [-0.4, -0.2) is 34.3 Å². The predicted octanol–water partition coefficient (Wildman–Crippen LogP) is 1.43. The molecule has 1 aliphatic rings. The van der Waals surface area contributed by atoms with Gasteiger partial charge in [-0.15, -0.1) is 0 Å². The highest BCUT2D eigenvalue weighted by atomic mass is 32.2. The molecule has 1 aromatic rings. The van der Waals surface area contributed by atoms with Crippen LogP contribution in [-0.2, 0) is 9.59 Å². The fourth-order valence-corrected chi connectivity index (χ4v) is 2.44. The van der Waals surface area contributed by atoms with Gasteiger partial charge in [-0.05, 0) is 18.2 Å². The number of nitrogens with one attached hydrogen (secondary N) is 1. The fraction of sp³-hybridized carbons (Fsp3) is 0.250. The fourth-order valence-electron chi connectivity index (χ4n) is 1.66. The molecule has 0 aliphatic carbocycles. The van der Waals surface area contributed by atoms with Gasteiger partial charge in [-0.2, -0.15) is 0 Å². The van der Waals surface area contributed by atoms with Crippen molar-refractivity contribution >= 4 is 40.2 Å². The molecule has 3 N–H and O–H groups in total. The van der Waals surface area contributed by atoms with Gasteiger partial charge >= 0.3 is 0 Å². The average Bonchev–Trinajstić information content (AvgIpc) is 2.38. The van der Waals surface area contributed by atoms with Crippen LogP contribution in [0.3, 0.4) is 0 Å². The van der Waals surface area contributed by atoms with Gasteiger partial charge in [-0.1, -0.05) is 11.8 Å². The lowest BCUT2D eigenvalue weighted by molar-refractivity contribution is -0.131. The van der Waals surface area contributed by atoms with Crippen LogP contribution in [0.1, 0.15) is 6.42 Å². The number of carbonyl (C=O) groups is 3. The van der Waals surface area contributed by atoms with Crippen molar-refractivity contribution < 1.29 is 18.8 Å². The van der Waals surface area contributed by atoms with E-state index in [1.165, 1.54) is 12.1 Å². The Labute approximate surface area is 118 Å². The number of thioether (sulfide) groups is 1. The third kappa shape index (κ3) is 3.27. The largest absolute Gasteiger partial charge is 0.397 e. The zero-order valence-corrected chi connectivity index (χ0v) is 11.2. The number of rotatable bonds is 3. The van der Waals surface area contributed by atoms with Crippen molar-refractivity contribution in [2.45, 2.75) is 6.42 Å². The summed E-state index contributed by atoms with van der Waals surface area (Å²) in [4.78, 5) is 35.7. The number of carbonyl (C=O) groups excluding carboxylic acids is 3. The molecule has 0 saturated carbocycles. The molecule has 0 radical (unpaired) electrons. The summed E-state index contributed by atoms with van der Waals surface area (Å²) in [5.74, 6) is -1.12. The first-order valence-electron chi connectivity index (χ1n) is 5.79. The molecule has 0 atom stereocenters. The standard InChI is InChI=1S/C12H12FN3O3S/c13-7-1-2-8(14)9(5-7)15-10(17)6-16-11(18)3-4-20-12(16)19/h1-2,5H,3-4,6,14H2,(H,15,17). The van der Waals surface area contributed by atoms with Gasteiger partial charge in [-0.3, -0.25) is 19.3 Å². The zero-order chi connectivity index (χ0) is 14.7. The monoisotopic (exact) mass is 297 g/mol. The molecule has 0 unspecified atom stereocenters. The van der Waals surface area contributed by atoms with E-state index in [4.69, 9.17) is 5.73 Å². The van der Waals surface area contributed by atoms with Crippen LogP contribution in [0, 0.1) is 5.82 Å². The molecule has 20 heavy (non-hydrogen) atoms. The van der Waals surface area contributed by atoms with Gasteiger partial charge in [0.15, 0.2) is 0 Å². The van der Waals surface area contributed by atoms with E-state index < -0.39 is 29.4 Å². The Kier molecular flexibility index (Phi) is 4.23. The smallest absolute Gasteiger partial charge is 0.288 e. The highest BCUT2D eigenvalue weighted by molar-refractivity contribution is 8.13. The van der Waals surface area contributed by atoms with Crippen LogP contribution in [0.15, 0.2) is 18.2 Å². The van der Waals surface area contributed by atoms with Crippen LogP contribution in [0.5, 0.6) is 0 Å². The second-order valence-corrected chi connectivity index (χ2v) is 5.17. The quantitative estimate of drug-likeness (QED) is 0.823. The number of amides is 3. The first-order valence-corrected chi connectivity index (χ1v) is 6.78. The van der Waals surface area contributed by atoms with Crippen molar-refractivity contribution in [3.05, 3.63) is 24.0 Å². The van der Waals surface area contributed by atoms with Gasteiger partial charge < -0.3 is 11.1 Å². The molecule has 1 fully saturated rings. The molecule has 8 heteroatoms. The maximum absolute atomic E-state index is 13.1. The molecule has 6 nitrogen and oxygen atoms in total. The van der Waals surface area contributed by atoms with E-state index in [2.05, 4.69) is 5.32 Å². The summed E-state index contributed by atoms with van der Waals surface area (Å²) in [5.41, 5.74) is 5.90. The zero-order valence-electron chi connectivity index (χ0n) is 10.4. The highest BCUT2D eigenvalue weighted by Gasteiger charge is 2.28. The number of imide groups is 1. The molecular formula is C12H12FN3O3S. The maximum atomic E-state index is 13.1. The molecule has 2 rings (SSSR count). The van der Waals surface area contributed by atoms with E-state index in [0.717, 1.165) is 22.7 Å². The molecule has 0 spiro atoms. The minimum atomic E-state index is -0.605. The minimum absolute atomic E-state index is 0.111. The van der Waals surface area contributed by atoms with E-state index in [-0.39, 0.29) is 17.8 Å². The van der Waals surface area contributed by atoms with Crippen molar-refractivity contribution in [2.24, 2.45) is 0 Å². The summed E-state index contributed by atoms with van der Waals surface area (Å²) in [6.45, 7) is -0.402. The summed E-state index contributed by atoms with van der Waals surface area (Å²) in [5, 5.41) is 1.93. The molecule has 1 aliphatic heterocycles. The highest BCUT2D eigenvalue weighted by Crippen LogP contribution is 2.21. The molecule has 0 aromatic heterocycles. The molecule has 1 saturated heterocycles. The molecule has 0 bridgehead atoms. The number of hydrogen-bond donors (Lipinski definition) is 2. The SMILES string of the molecule is Nc1ccc(F)cc1NC(=O)CN1C(=O)CCSC1=O. The normalized spacial score (nSPS) is 15.3. The van der Waals surface area contributed by atoms with Crippen molar-refractivity contribution in [3.8, 4) is 0 Å². The summed E-state index contributed by atoms with van der Waals surface area (Å²) >= 11 is 0.985. The minimum Gasteiger partial charge on any atom is -0.397 e. The number of hydrogen-bond acceptors (Lipinski definition) is 5. The van der Waals surface area contributed by atoms with Crippen molar-refractivity contribution in [2.75, 3.05) is 23.3 Å². The van der Waals surface area contributed by atoms with Gasteiger partial charge in [0.2, 0.25) is 11.8 Å². The van der Waals surface area contributed by atoms with Crippen LogP contribution < -0.4 is 11.1 Å². The van der Waals surface area contributed by atoms with Gasteiger partial charge in [0.05, 0.1) is 11.4 Å². The first kappa shape index (κ1) is 14.3. The van der Waals surface area contributed by atoms with E-state index >= 15 is 0 Å². The number of anilines is 2. The topological polar surface area (TPSA) is 92.5 Å². The Bertz CT molecular complexity index is 563. The summed E-state index contributed by atoms with van der Waals surface area (Å²) in [6.07, 6.45) is 0.214. The van der Waals surface area contributed by atoms with Crippen molar-refractivity contribution in [3.63, 3.8) is 0 Å².